The third kappa shape index (κ3) is 1.78. The Labute approximate surface area is 85.9 Å². The van der Waals surface area contributed by atoms with E-state index in [1.54, 1.807) is 29.9 Å². The van der Waals surface area contributed by atoms with Crippen LogP contribution in [0.2, 0.25) is 0 Å². The van der Waals surface area contributed by atoms with Crippen LogP contribution in [0.5, 0.6) is 0 Å². The average molecular weight is 206 g/mol. The number of hydrogen-bond donors (Lipinski definition) is 1. The second kappa shape index (κ2) is 3.81. The van der Waals surface area contributed by atoms with Gasteiger partial charge in [0.1, 0.15) is 6.33 Å². The Bertz CT molecular complexity index is 412. The molecule has 72 valence electrons. The number of thiazole rings is 1. The fraction of sp³-hybridized carbons (Fsp3) is 0.222. The topological polar surface area (TPSA) is 64.7 Å². The molecule has 0 saturated heterocycles. The summed E-state index contributed by atoms with van der Waals surface area (Å²) in [6.07, 6.45) is 6.76. The van der Waals surface area contributed by atoms with Crippen LogP contribution in [0.3, 0.4) is 0 Å². The highest BCUT2D eigenvalue weighted by Crippen LogP contribution is 2.23. The van der Waals surface area contributed by atoms with Crippen molar-refractivity contribution in [3.05, 3.63) is 40.4 Å². The van der Waals surface area contributed by atoms with E-state index < -0.39 is 0 Å². The van der Waals surface area contributed by atoms with Gasteiger partial charge in [0.05, 0.1) is 11.0 Å². The van der Waals surface area contributed by atoms with Gasteiger partial charge >= 0.3 is 0 Å². The van der Waals surface area contributed by atoms with Crippen molar-refractivity contribution in [2.75, 3.05) is 0 Å². The maximum absolute atomic E-state index is 6.02. The summed E-state index contributed by atoms with van der Waals surface area (Å²) in [4.78, 5) is 13.1. The Balaban J connectivity index is 2.29. The van der Waals surface area contributed by atoms with Crippen LogP contribution in [-0.4, -0.2) is 15.0 Å². The van der Waals surface area contributed by atoms with Crippen LogP contribution in [-0.2, 0) is 0 Å². The number of aryl methyl sites for hydroxylation is 1. The molecule has 0 radical (unpaired) electrons. The Morgan fingerprint density at radius 3 is 2.57 bits per heavy atom. The van der Waals surface area contributed by atoms with Crippen molar-refractivity contribution in [1.29, 1.82) is 0 Å². The van der Waals surface area contributed by atoms with Gasteiger partial charge in [-0.25, -0.2) is 15.0 Å². The number of nitrogens with zero attached hydrogens (tertiary/aromatic N) is 3. The van der Waals surface area contributed by atoms with Gasteiger partial charge in [0.2, 0.25) is 0 Å². The maximum atomic E-state index is 6.02. The quantitative estimate of drug-likeness (QED) is 0.804. The van der Waals surface area contributed by atoms with Crippen LogP contribution in [0.15, 0.2) is 24.9 Å². The summed E-state index contributed by atoms with van der Waals surface area (Å²) in [6, 6.07) is -0.164. The van der Waals surface area contributed by atoms with Crippen LogP contribution in [0, 0.1) is 6.92 Å². The highest BCUT2D eigenvalue weighted by molar-refractivity contribution is 7.11. The van der Waals surface area contributed by atoms with E-state index in [9.17, 15) is 0 Å². The van der Waals surface area contributed by atoms with E-state index in [0.29, 0.717) is 0 Å². The van der Waals surface area contributed by atoms with E-state index in [-0.39, 0.29) is 6.04 Å². The molecule has 0 aliphatic carbocycles. The van der Waals surface area contributed by atoms with E-state index in [0.717, 1.165) is 15.4 Å². The van der Waals surface area contributed by atoms with E-state index in [1.807, 2.05) is 6.92 Å². The second-order valence-corrected chi connectivity index (χ2v) is 4.20. The standard InChI is InChI=1S/C9H10N4S/c1-6-13-4-8(14-6)9(10)7-2-11-5-12-3-7/h2-5,9H,10H2,1H3. The fourth-order valence-corrected chi connectivity index (χ4v) is 1.97. The van der Waals surface area contributed by atoms with Crippen molar-refractivity contribution >= 4 is 11.3 Å². The Kier molecular flexibility index (Phi) is 2.51. The second-order valence-electron chi connectivity index (χ2n) is 2.93. The lowest BCUT2D eigenvalue weighted by atomic mass is 10.1. The molecule has 14 heavy (non-hydrogen) atoms. The van der Waals surface area contributed by atoms with Gasteiger partial charge in [0.25, 0.3) is 0 Å². The van der Waals surface area contributed by atoms with Crippen LogP contribution in [0.25, 0.3) is 0 Å². The third-order valence-electron chi connectivity index (χ3n) is 1.89. The minimum Gasteiger partial charge on any atom is -0.319 e. The van der Waals surface area contributed by atoms with Crippen molar-refractivity contribution in [2.45, 2.75) is 13.0 Å². The van der Waals surface area contributed by atoms with Gasteiger partial charge < -0.3 is 5.73 Å². The molecule has 0 aromatic carbocycles. The molecule has 2 aromatic heterocycles. The highest BCUT2D eigenvalue weighted by atomic mass is 32.1. The molecular formula is C9H10N4S. The van der Waals surface area contributed by atoms with Gasteiger partial charge in [0, 0.05) is 29.0 Å². The number of rotatable bonds is 2. The minimum atomic E-state index is -0.164. The molecule has 1 atom stereocenters. The molecule has 0 amide bonds. The number of aromatic nitrogens is 3. The zero-order chi connectivity index (χ0) is 9.97. The van der Waals surface area contributed by atoms with Gasteiger partial charge in [-0.1, -0.05) is 0 Å². The van der Waals surface area contributed by atoms with Gasteiger partial charge in [-0.2, -0.15) is 0 Å². The first kappa shape index (κ1) is 9.23. The monoisotopic (exact) mass is 206 g/mol. The Morgan fingerprint density at radius 1 is 1.29 bits per heavy atom. The first-order valence-electron chi connectivity index (χ1n) is 4.20. The molecule has 0 spiro atoms. The van der Waals surface area contributed by atoms with Crippen LogP contribution in [0.4, 0.5) is 0 Å². The normalized spacial score (nSPS) is 12.7. The summed E-state index contributed by atoms with van der Waals surface area (Å²) in [5.41, 5.74) is 6.93. The maximum Gasteiger partial charge on any atom is 0.115 e. The largest absolute Gasteiger partial charge is 0.319 e. The summed E-state index contributed by atoms with van der Waals surface area (Å²) < 4.78 is 0. The average Bonchev–Trinajstić information content (AvgIpc) is 2.65. The predicted octanol–water partition coefficient (Wildman–Crippen LogP) is 1.29. The number of hydrogen-bond acceptors (Lipinski definition) is 5. The molecule has 0 aliphatic rings. The third-order valence-corrected chi connectivity index (χ3v) is 2.88. The molecule has 4 nitrogen and oxygen atoms in total. The summed E-state index contributed by atoms with van der Waals surface area (Å²) in [5.74, 6) is 0. The molecule has 2 rings (SSSR count). The zero-order valence-electron chi connectivity index (χ0n) is 7.71. The summed E-state index contributed by atoms with van der Waals surface area (Å²) in [7, 11) is 0. The lowest BCUT2D eigenvalue weighted by Gasteiger charge is -2.06. The van der Waals surface area contributed by atoms with E-state index >= 15 is 0 Å². The zero-order valence-corrected chi connectivity index (χ0v) is 8.53. The Morgan fingerprint density at radius 2 is 2.00 bits per heavy atom. The van der Waals surface area contributed by atoms with Gasteiger partial charge in [0.15, 0.2) is 0 Å². The molecular weight excluding hydrogens is 196 g/mol. The SMILES string of the molecule is Cc1ncc(C(N)c2cncnc2)s1. The van der Waals surface area contributed by atoms with Crippen molar-refractivity contribution in [1.82, 2.24) is 15.0 Å². The molecule has 0 bridgehead atoms. The van der Waals surface area contributed by atoms with Crippen molar-refractivity contribution in [3.8, 4) is 0 Å². The Hall–Kier alpha value is -1.33. The lowest BCUT2D eigenvalue weighted by Crippen LogP contribution is -2.10. The summed E-state index contributed by atoms with van der Waals surface area (Å²) in [6.45, 7) is 1.96. The van der Waals surface area contributed by atoms with Crippen molar-refractivity contribution < 1.29 is 0 Å². The molecule has 0 saturated carbocycles. The van der Waals surface area contributed by atoms with E-state index in [1.165, 1.54) is 6.33 Å². The minimum absolute atomic E-state index is 0.164. The lowest BCUT2D eigenvalue weighted by molar-refractivity contribution is 0.866. The first-order valence-corrected chi connectivity index (χ1v) is 5.02. The summed E-state index contributed by atoms with van der Waals surface area (Å²) in [5, 5.41) is 1.02. The summed E-state index contributed by atoms with van der Waals surface area (Å²) >= 11 is 1.60. The molecule has 2 heterocycles. The van der Waals surface area contributed by atoms with E-state index in [2.05, 4.69) is 15.0 Å². The first-order chi connectivity index (χ1) is 6.77. The molecule has 5 heteroatoms. The molecule has 1 unspecified atom stereocenters. The van der Waals surface area contributed by atoms with Gasteiger partial charge in [-0.3, -0.25) is 0 Å². The molecule has 2 N–H and O–H groups in total. The fourth-order valence-electron chi connectivity index (χ4n) is 1.16. The van der Waals surface area contributed by atoms with Crippen LogP contribution < -0.4 is 5.73 Å². The molecule has 0 fully saturated rings. The van der Waals surface area contributed by atoms with Crippen molar-refractivity contribution in [3.63, 3.8) is 0 Å². The predicted molar refractivity (Wildman–Crippen MR) is 54.9 cm³/mol. The highest BCUT2D eigenvalue weighted by Gasteiger charge is 2.11. The van der Waals surface area contributed by atoms with E-state index in [4.69, 9.17) is 5.73 Å². The smallest absolute Gasteiger partial charge is 0.115 e. The molecule has 0 aliphatic heterocycles. The number of nitrogens with two attached hydrogens (primary N) is 1. The van der Waals surface area contributed by atoms with Gasteiger partial charge in [-0.05, 0) is 6.92 Å². The van der Waals surface area contributed by atoms with Crippen LogP contribution in [0.1, 0.15) is 21.5 Å². The van der Waals surface area contributed by atoms with Crippen LogP contribution >= 0.6 is 11.3 Å². The van der Waals surface area contributed by atoms with Gasteiger partial charge in [-0.15, -0.1) is 11.3 Å². The molecule has 2 aromatic rings. The van der Waals surface area contributed by atoms with Crippen molar-refractivity contribution in [2.24, 2.45) is 5.73 Å².